The van der Waals surface area contributed by atoms with E-state index in [0.29, 0.717) is 10.2 Å². The van der Waals surface area contributed by atoms with Crippen LogP contribution in [0.3, 0.4) is 0 Å². The van der Waals surface area contributed by atoms with E-state index in [2.05, 4.69) is 15.9 Å². The second kappa shape index (κ2) is 3.13. The Morgan fingerprint density at radius 2 is 2.29 bits per heavy atom. The molecule has 1 heterocycles. The molecule has 1 aliphatic heterocycles. The lowest BCUT2D eigenvalue weighted by Crippen LogP contribution is -1.95. The van der Waals surface area contributed by atoms with Crippen molar-refractivity contribution < 1.29 is 14.4 Å². The number of halogens is 1. The minimum absolute atomic E-state index is 0.0338. The molecule has 0 unspecified atom stereocenters. The van der Waals surface area contributed by atoms with E-state index in [9.17, 15) is 10.1 Å². The molecule has 1 aromatic rings. The molecule has 0 fully saturated rings. The van der Waals surface area contributed by atoms with Crippen molar-refractivity contribution in [2.45, 2.75) is 6.92 Å². The molecular formula is C8H6BrNO4. The van der Waals surface area contributed by atoms with E-state index in [4.69, 9.17) is 9.47 Å². The van der Waals surface area contributed by atoms with Crippen LogP contribution in [0.1, 0.15) is 5.56 Å². The summed E-state index contributed by atoms with van der Waals surface area (Å²) < 4.78 is 10.5. The highest BCUT2D eigenvalue weighted by Gasteiger charge is 2.30. The highest BCUT2D eigenvalue weighted by atomic mass is 79.9. The molecule has 0 bridgehead atoms. The lowest BCUT2D eigenvalue weighted by atomic mass is 10.2. The molecule has 1 aliphatic rings. The van der Waals surface area contributed by atoms with Crippen LogP contribution in [0.4, 0.5) is 5.69 Å². The molecule has 1 aromatic carbocycles. The summed E-state index contributed by atoms with van der Waals surface area (Å²) in [4.78, 5) is 10.3. The lowest BCUT2D eigenvalue weighted by Gasteiger charge is -2.02. The molecular weight excluding hydrogens is 254 g/mol. The molecule has 0 atom stereocenters. The summed E-state index contributed by atoms with van der Waals surface area (Å²) in [6.07, 6.45) is 0. The second-order valence-electron chi connectivity index (χ2n) is 2.85. The number of hydrogen-bond donors (Lipinski definition) is 0. The van der Waals surface area contributed by atoms with Gasteiger partial charge in [-0.1, -0.05) is 0 Å². The molecule has 0 amide bonds. The third-order valence-electron chi connectivity index (χ3n) is 1.94. The number of ether oxygens (including phenoxy) is 2. The van der Waals surface area contributed by atoms with Crippen LogP contribution >= 0.6 is 15.9 Å². The van der Waals surface area contributed by atoms with E-state index in [0.717, 1.165) is 5.56 Å². The molecule has 74 valence electrons. The van der Waals surface area contributed by atoms with Gasteiger partial charge in [-0.25, -0.2) is 0 Å². The van der Waals surface area contributed by atoms with E-state index >= 15 is 0 Å². The summed E-state index contributed by atoms with van der Waals surface area (Å²) in [6.45, 7) is 1.80. The van der Waals surface area contributed by atoms with Crippen molar-refractivity contribution in [1.82, 2.24) is 0 Å². The Kier molecular flexibility index (Phi) is 2.07. The maximum Gasteiger partial charge on any atom is 0.329 e. The third kappa shape index (κ3) is 1.22. The molecule has 5 nitrogen and oxygen atoms in total. The van der Waals surface area contributed by atoms with Gasteiger partial charge in [-0.15, -0.1) is 0 Å². The smallest absolute Gasteiger partial charge is 0.329 e. The van der Waals surface area contributed by atoms with Gasteiger partial charge in [0.25, 0.3) is 0 Å². The largest absolute Gasteiger partial charge is 0.453 e. The van der Waals surface area contributed by atoms with E-state index < -0.39 is 4.92 Å². The van der Waals surface area contributed by atoms with E-state index in [1.165, 1.54) is 0 Å². The average Bonchev–Trinajstić information content (AvgIpc) is 2.52. The van der Waals surface area contributed by atoms with E-state index in [1.54, 1.807) is 13.0 Å². The van der Waals surface area contributed by atoms with Crippen LogP contribution in [0, 0.1) is 17.0 Å². The standard InChI is InChI=1S/C8H6BrNO4/c1-4-2-5-8(14-3-13-5)7(6(4)9)10(11)12/h2H,3H2,1H3. The monoisotopic (exact) mass is 259 g/mol. The van der Waals surface area contributed by atoms with Crippen molar-refractivity contribution in [2.75, 3.05) is 6.79 Å². The zero-order valence-electron chi connectivity index (χ0n) is 7.24. The Balaban J connectivity index is 2.72. The topological polar surface area (TPSA) is 61.6 Å². The first-order chi connectivity index (χ1) is 6.61. The van der Waals surface area contributed by atoms with Gasteiger partial charge < -0.3 is 9.47 Å². The number of hydrogen-bond acceptors (Lipinski definition) is 4. The SMILES string of the molecule is Cc1cc2c(c([N+](=O)[O-])c1Br)OCO2. The fourth-order valence-electron chi connectivity index (χ4n) is 1.29. The fourth-order valence-corrected chi connectivity index (χ4v) is 1.73. The Hall–Kier alpha value is -1.30. The number of nitrogens with zero attached hydrogens (tertiary/aromatic N) is 1. The molecule has 6 heteroatoms. The molecule has 14 heavy (non-hydrogen) atoms. The maximum absolute atomic E-state index is 10.8. The Morgan fingerprint density at radius 3 is 2.93 bits per heavy atom. The highest BCUT2D eigenvalue weighted by Crippen LogP contribution is 2.46. The van der Waals surface area contributed by atoms with Crippen LogP contribution < -0.4 is 9.47 Å². The van der Waals surface area contributed by atoms with Crippen LogP contribution in [-0.4, -0.2) is 11.7 Å². The number of fused-ring (bicyclic) bond motifs is 1. The van der Waals surface area contributed by atoms with Gasteiger partial charge in [-0.05, 0) is 34.5 Å². The van der Waals surface area contributed by atoms with E-state index in [-0.39, 0.29) is 18.2 Å². The van der Waals surface area contributed by atoms with E-state index in [1.807, 2.05) is 0 Å². The van der Waals surface area contributed by atoms with Gasteiger partial charge in [0, 0.05) is 0 Å². The van der Waals surface area contributed by atoms with Crippen molar-refractivity contribution in [3.05, 3.63) is 26.2 Å². The highest BCUT2D eigenvalue weighted by molar-refractivity contribution is 9.10. The normalized spacial score (nSPS) is 13.0. The van der Waals surface area contributed by atoms with Crippen LogP contribution in [0.2, 0.25) is 0 Å². The molecule has 0 radical (unpaired) electrons. The van der Waals surface area contributed by atoms with Crippen molar-refractivity contribution in [2.24, 2.45) is 0 Å². The van der Waals surface area contributed by atoms with Gasteiger partial charge in [0.05, 0.1) is 4.92 Å². The van der Waals surface area contributed by atoms with Crippen molar-refractivity contribution >= 4 is 21.6 Å². The molecule has 0 saturated heterocycles. The van der Waals surface area contributed by atoms with Crippen LogP contribution in [0.25, 0.3) is 0 Å². The van der Waals surface area contributed by atoms with Gasteiger partial charge in [-0.2, -0.15) is 0 Å². The molecule has 0 saturated carbocycles. The summed E-state index contributed by atoms with van der Waals surface area (Å²) in [6, 6.07) is 1.71. The van der Waals surface area contributed by atoms with Crippen molar-refractivity contribution in [3.63, 3.8) is 0 Å². The van der Waals surface area contributed by atoms with Gasteiger partial charge in [0.2, 0.25) is 12.5 Å². The third-order valence-corrected chi connectivity index (χ3v) is 2.94. The fraction of sp³-hybridized carbons (Fsp3) is 0.250. The summed E-state index contributed by atoms with van der Waals surface area (Å²) in [5.41, 5.74) is 0.679. The Bertz CT molecular complexity index is 418. The van der Waals surface area contributed by atoms with Crippen molar-refractivity contribution in [3.8, 4) is 11.5 Å². The minimum Gasteiger partial charge on any atom is -0.453 e. The molecule has 2 rings (SSSR count). The predicted molar refractivity (Wildman–Crippen MR) is 51.7 cm³/mol. The molecule has 0 N–H and O–H groups in total. The first-order valence-electron chi connectivity index (χ1n) is 3.84. The van der Waals surface area contributed by atoms with Crippen LogP contribution in [0.5, 0.6) is 11.5 Å². The molecule has 0 aliphatic carbocycles. The lowest BCUT2D eigenvalue weighted by molar-refractivity contribution is -0.386. The summed E-state index contributed by atoms with van der Waals surface area (Å²) in [5.74, 6) is 0.630. The van der Waals surface area contributed by atoms with Gasteiger partial charge in [-0.3, -0.25) is 10.1 Å². The Morgan fingerprint density at radius 1 is 1.57 bits per heavy atom. The van der Waals surface area contributed by atoms with Crippen molar-refractivity contribution in [1.29, 1.82) is 0 Å². The summed E-state index contributed by atoms with van der Waals surface area (Å²) in [7, 11) is 0. The first-order valence-corrected chi connectivity index (χ1v) is 4.63. The van der Waals surface area contributed by atoms with Gasteiger partial charge in [0.15, 0.2) is 5.75 Å². The first kappa shape index (κ1) is 9.26. The predicted octanol–water partition coefficient (Wildman–Crippen LogP) is 2.39. The second-order valence-corrected chi connectivity index (χ2v) is 3.64. The summed E-state index contributed by atoms with van der Waals surface area (Å²) in [5, 5.41) is 10.8. The number of rotatable bonds is 1. The molecule has 0 aromatic heterocycles. The average molecular weight is 260 g/mol. The zero-order valence-corrected chi connectivity index (χ0v) is 8.83. The quantitative estimate of drug-likeness (QED) is 0.574. The summed E-state index contributed by atoms with van der Waals surface area (Å²) >= 11 is 3.16. The number of aryl methyl sites for hydroxylation is 1. The Labute approximate surface area is 87.9 Å². The maximum atomic E-state index is 10.8. The zero-order chi connectivity index (χ0) is 10.3. The van der Waals surface area contributed by atoms with Gasteiger partial charge in [0.1, 0.15) is 4.47 Å². The number of nitro benzene ring substituents is 1. The number of benzene rings is 1. The van der Waals surface area contributed by atoms with Gasteiger partial charge >= 0.3 is 5.69 Å². The van der Waals surface area contributed by atoms with Crippen LogP contribution in [0.15, 0.2) is 10.5 Å². The molecule has 0 spiro atoms. The van der Waals surface area contributed by atoms with Crippen LogP contribution in [-0.2, 0) is 0 Å². The minimum atomic E-state index is -0.482. The number of nitro groups is 1.